The van der Waals surface area contributed by atoms with Gasteiger partial charge in [-0.1, -0.05) is 36.4 Å². The molecule has 29 heavy (non-hydrogen) atoms. The number of methoxy groups -OCH3 is 1. The maximum Gasteiger partial charge on any atom is 0.410 e. The highest BCUT2D eigenvalue weighted by molar-refractivity contribution is 5.89. The van der Waals surface area contributed by atoms with E-state index in [0.29, 0.717) is 18.7 Å². The molecule has 0 saturated carbocycles. The number of carbonyl (C=O) groups excluding carboxylic acids is 3. The Labute approximate surface area is 168 Å². The SMILES string of the molecule is COC(=O)c1ccc(CN2C(=O)OC[C@H]2C(=O)NCc2ccc(CN)cc2)cc1. The largest absolute Gasteiger partial charge is 0.465 e. The van der Waals surface area contributed by atoms with Crippen LogP contribution in [-0.4, -0.2) is 42.6 Å². The number of esters is 1. The quantitative estimate of drug-likeness (QED) is 0.686. The Hall–Kier alpha value is -3.39. The van der Waals surface area contributed by atoms with Crippen molar-refractivity contribution in [3.63, 3.8) is 0 Å². The number of ether oxygens (including phenoxy) is 2. The van der Waals surface area contributed by atoms with Crippen LogP contribution in [0.15, 0.2) is 48.5 Å². The summed E-state index contributed by atoms with van der Waals surface area (Å²) in [5.74, 6) is -0.723. The van der Waals surface area contributed by atoms with E-state index in [0.717, 1.165) is 16.7 Å². The highest BCUT2D eigenvalue weighted by Gasteiger charge is 2.37. The van der Waals surface area contributed by atoms with Crippen LogP contribution in [-0.2, 0) is 33.9 Å². The number of hydrogen-bond donors (Lipinski definition) is 2. The molecule has 152 valence electrons. The van der Waals surface area contributed by atoms with E-state index in [9.17, 15) is 14.4 Å². The fourth-order valence-electron chi connectivity index (χ4n) is 3.00. The Bertz CT molecular complexity index is 880. The van der Waals surface area contributed by atoms with Crippen LogP contribution in [0.1, 0.15) is 27.0 Å². The van der Waals surface area contributed by atoms with E-state index in [4.69, 9.17) is 10.5 Å². The van der Waals surface area contributed by atoms with Gasteiger partial charge in [0.15, 0.2) is 0 Å². The molecule has 0 radical (unpaired) electrons. The van der Waals surface area contributed by atoms with Crippen LogP contribution in [0.3, 0.4) is 0 Å². The van der Waals surface area contributed by atoms with Crippen molar-refractivity contribution in [1.82, 2.24) is 10.2 Å². The molecule has 0 aliphatic carbocycles. The Morgan fingerprint density at radius 1 is 1.10 bits per heavy atom. The van der Waals surface area contributed by atoms with E-state index in [1.165, 1.54) is 12.0 Å². The number of nitrogens with zero attached hydrogens (tertiary/aromatic N) is 1. The summed E-state index contributed by atoms with van der Waals surface area (Å²) in [6.45, 7) is 1.00. The second-order valence-corrected chi connectivity index (χ2v) is 6.65. The van der Waals surface area contributed by atoms with Crippen LogP contribution >= 0.6 is 0 Å². The first kappa shape index (κ1) is 20.3. The maximum atomic E-state index is 12.6. The fourth-order valence-corrected chi connectivity index (χ4v) is 3.00. The number of benzene rings is 2. The van der Waals surface area contributed by atoms with Gasteiger partial charge in [-0.3, -0.25) is 9.69 Å². The number of nitrogens with one attached hydrogen (secondary N) is 1. The van der Waals surface area contributed by atoms with Crippen molar-refractivity contribution in [2.24, 2.45) is 5.73 Å². The second-order valence-electron chi connectivity index (χ2n) is 6.65. The van der Waals surface area contributed by atoms with E-state index in [2.05, 4.69) is 10.1 Å². The van der Waals surface area contributed by atoms with Gasteiger partial charge >= 0.3 is 12.1 Å². The second kappa shape index (κ2) is 9.20. The van der Waals surface area contributed by atoms with E-state index in [-0.39, 0.29) is 19.1 Å². The lowest BCUT2D eigenvalue weighted by Crippen LogP contribution is -2.45. The number of nitrogens with two attached hydrogens (primary N) is 1. The molecule has 2 amide bonds. The average Bonchev–Trinajstić information content (AvgIpc) is 3.12. The van der Waals surface area contributed by atoms with E-state index in [1.54, 1.807) is 24.3 Å². The number of carbonyl (C=O) groups is 3. The molecule has 2 aromatic rings. The van der Waals surface area contributed by atoms with Gasteiger partial charge in [0.25, 0.3) is 0 Å². The average molecular weight is 397 g/mol. The fraction of sp³-hybridized carbons (Fsp3) is 0.286. The number of rotatable bonds is 7. The minimum Gasteiger partial charge on any atom is -0.465 e. The van der Waals surface area contributed by atoms with Gasteiger partial charge in [-0.2, -0.15) is 0 Å². The molecule has 2 aromatic carbocycles. The molecule has 8 heteroatoms. The molecule has 0 aromatic heterocycles. The molecule has 1 aliphatic rings. The molecule has 8 nitrogen and oxygen atoms in total. The van der Waals surface area contributed by atoms with Gasteiger partial charge in [0.05, 0.1) is 19.2 Å². The third-order valence-electron chi connectivity index (χ3n) is 4.73. The van der Waals surface area contributed by atoms with Crippen LogP contribution < -0.4 is 11.1 Å². The van der Waals surface area contributed by atoms with Gasteiger partial charge in [-0.25, -0.2) is 9.59 Å². The monoisotopic (exact) mass is 397 g/mol. The first-order chi connectivity index (χ1) is 14.0. The lowest BCUT2D eigenvalue weighted by Gasteiger charge is -2.21. The van der Waals surface area contributed by atoms with Gasteiger partial charge in [-0.05, 0) is 28.8 Å². The molecule has 0 bridgehead atoms. The molecular weight excluding hydrogens is 374 g/mol. The molecule has 1 fully saturated rings. The van der Waals surface area contributed by atoms with Gasteiger partial charge < -0.3 is 20.5 Å². The van der Waals surface area contributed by atoms with Crippen molar-refractivity contribution in [2.75, 3.05) is 13.7 Å². The molecule has 1 aliphatic heterocycles. The third kappa shape index (κ3) is 4.91. The number of hydrogen-bond acceptors (Lipinski definition) is 6. The van der Waals surface area contributed by atoms with Crippen molar-refractivity contribution in [1.29, 1.82) is 0 Å². The molecule has 1 saturated heterocycles. The Balaban J connectivity index is 1.61. The third-order valence-corrected chi connectivity index (χ3v) is 4.73. The summed E-state index contributed by atoms with van der Waals surface area (Å²) in [4.78, 5) is 37.6. The molecular formula is C21H23N3O5. The zero-order chi connectivity index (χ0) is 20.8. The molecule has 1 heterocycles. The Morgan fingerprint density at radius 2 is 1.72 bits per heavy atom. The minimum absolute atomic E-state index is 0.00295. The Kier molecular flexibility index (Phi) is 6.46. The normalized spacial score (nSPS) is 15.7. The summed E-state index contributed by atoms with van der Waals surface area (Å²) in [7, 11) is 1.31. The van der Waals surface area contributed by atoms with Crippen molar-refractivity contribution < 1.29 is 23.9 Å². The van der Waals surface area contributed by atoms with E-state index in [1.807, 2.05) is 24.3 Å². The number of cyclic esters (lactones) is 1. The van der Waals surface area contributed by atoms with Crippen LogP contribution in [0.25, 0.3) is 0 Å². The molecule has 3 N–H and O–H groups in total. The van der Waals surface area contributed by atoms with Crippen molar-refractivity contribution >= 4 is 18.0 Å². The highest BCUT2D eigenvalue weighted by atomic mass is 16.6. The summed E-state index contributed by atoms with van der Waals surface area (Å²) < 4.78 is 9.74. The predicted molar refractivity (Wildman–Crippen MR) is 105 cm³/mol. The lowest BCUT2D eigenvalue weighted by molar-refractivity contribution is -0.125. The summed E-state index contributed by atoms with van der Waals surface area (Å²) in [6, 6.07) is 13.6. The molecule has 3 rings (SSSR count). The van der Waals surface area contributed by atoms with E-state index < -0.39 is 18.1 Å². The standard InChI is InChI=1S/C21H23N3O5/c1-28-20(26)17-8-6-16(7-9-17)12-24-18(13-29-21(24)27)19(25)23-11-15-4-2-14(10-22)3-5-15/h2-9,18H,10-13,22H2,1H3,(H,23,25)/t18-/m0/s1. The lowest BCUT2D eigenvalue weighted by atomic mass is 10.1. The van der Waals surface area contributed by atoms with Crippen LogP contribution in [0.5, 0.6) is 0 Å². The van der Waals surface area contributed by atoms with Crippen LogP contribution in [0, 0.1) is 0 Å². The summed E-state index contributed by atoms with van der Waals surface area (Å²) in [5, 5.41) is 2.84. The molecule has 0 spiro atoms. The Morgan fingerprint density at radius 3 is 2.34 bits per heavy atom. The van der Waals surface area contributed by atoms with Crippen LogP contribution in [0.4, 0.5) is 4.79 Å². The zero-order valence-corrected chi connectivity index (χ0v) is 16.1. The zero-order valence-electron chi connectivity index (χ0n) is 16.1. The maximum absolute atomic E-state index is 12.6. The van der Waals surface area contributed by atoms with Gasteiger partial charge in [0, 0.05) is 13.1 Å². The number of amides is 2. The van der Waals surface area contributed by atoms with E-state index >= 15 is 0 Å². The molecule has 1 atom stereocenters. The smallest absolute Gasteiger partial charge is 0.410 e. The summed E-state index contributed by atoms with van der Waals surface area (Å²) >= 11 is 0. The first-order valence-electron chi connectivity index (χ1n) is 9.18. The van der Waals surface area contributed by atoms with Gasteiger partial charge in [-0.15, -0.1) is 0 Å². The van der Waals surface area contributed by atoms with Crippen molar-refractivity contribution in [3.05, 3.63) is 70.8 Å². The van der Waals surface area contributed by atoms with Crippen molar-refractivity contribution in [2.45, 2.75) is 25.7 Å². The van der Waals surface area contributed by atoms with Gasteiger partial charge in [0.2, 0.25) is 5.91 Å². The summed E-state index contributed by atoms with van der Waals surface area (Å²) in [5.41, 5.74) is 8.71. The van der Waals surface area contributed by atoms with Crippen molar-refractivity contribution in [3.8, 4) is 0 Å². The molecule has 0 unspecified atom stereocenters. The highest BCUT2D eigenvalue weighted by Crippen LogP contribution is 2.18. The topological polar surface area (TPSA) is 111 Å². The first-order valence-corrected chi connectivity index (χ1v) is 9.18. The summed E-state index contributed by atoms with van der Waals surface area (Å²) in [6.07, 6.45) is -0.547. The predicted octanol–water partition coefficient (Wildman–Crippen LogP) is 1.57. The van der Waals surface area contributed by atoms with Gasteiger partial charge in [0.1, 0.15) is 12.6 Å². The minimum atomic E-state index is -0.717. The van der Waals surface area contributed by atoms with Crippen LogP contribution in [0.2, 0.25) is 0 Å².